The number of anilines is 2. The second-order valence-corrected chi connectivity index (χ2v) is 5.92. The van der Waals surface area contributed by atoms with Crippen molar-refractivity contribution in [2.75, 3.05) is 5.32 Å². The van der Waals surface area contributed by atoms with Gasteiger partial charge in [0, 0.05) is 11.1 Å². The third kappa shape index (κ3) is 3.83. The number of carbonyl (C=O) groups excluding carboxylic acids is 1. The molecule has 0 fully saturated rings. The largest absolute Gasteiger partial charge is 0.455 e. The quantitative estimate of drug-likeness (QED) is 0.298. The van der Waals surface area contributed by atoms with Crippen LogP contribution in [0.3, 0.4) is 0 Å². The first-order chi connectivity index (χ1) is 12.5. The van der Waals surface area contributed by atoms with Gasteiger partial charge in [-0.1, -0.05) is 18.2 Å². The van der Waals surface area contributed by atoms with E-state index in [0.29, 0.717) is 10.8 Å². The van der Waals surface area contributed by atoms with Crippen molar-refractivity contribution in [1.29, 1.82) is 0 Å². The summed E-state index contributed by atoms with van der Waals surface area (Å²) in [6.45, 7) is -0.341. The number of rotatable bonds is 5. The van der Waals surface area contributed by atoms with E-state index in [2.05, 4.69) is 10.3 Å². The standard InChI is InChI=1S/C17H10F4N2O2S/c18-12-6-11(13(19)15(21)14(12)20)16(24)25-7-10-8-26-17(23-10)22-9-4-2-1-3-5-9/h1-6,8H,7H2,(H,22,23). The summed E-state index contributed by atoms with van der Waals surface area (Å²) in [6.07, 6.45) is 0. The lowest BCUT2D eigenvalue weighted by molar-refractivity contribution is 0.0460. The Balaban J connectivity index is 1.66. The summed E-state index contributed by atoms with van der Waals surface area (Å²) in [5.74, 6) is -8.88. The van der Waals surface area contributed by atoms with Crippen molar-refractivity contribution in [2.24, 2.45) is 0 Å². The molecule has 1 N–H and O–H groups in total. The van der Waals surface area contributed by atoms with Gasteiger partial charge in [0.05, 0.1) is 5.69 Å². The minimum absolute atomic E-state index is 0.250. The summed E-state index contributed by atoms with van der Waals surface area (Å²) in [5, 5.41) is 5.17. The maximum Gasteiger partial charge on any atom is 0.341 e. The molecular weight excluding hydrogens is 372 g/mol. The van der Waals surface area contributed by atoms with E-state index in [0.717, 1.165) is 5.69 Å². The van der Waals surface area contributed by atoms with Crippen molar-refractivity contribution in [1.82, 2.24) is 4.98 Å². The zero-order valence-corrected chi connectivity index (χ0v) is 13.7. The average molecular weight is 382 g/mol. The van der Waals surface area contributed by atoms with Crippen molar-refractivity contribution >= 4 is 28.1 Å². The van der Waals surface area contributed by atoms with Crippen LogP contribution in [0, 0.1) is 23.3 Å². The minimum Gasteiger partial charge on any atom is -0.455 e. The number of aromatic nitrogens is 1. The lowest BCUT2D eigenvalue weighted by Crippen LogP contribution is -2.11. The van der Waals surface area contributed by atoms with Gasteiger partial charge in [0.1, 0.15) is 12.2 Å². The Hall–Kier alpha value is -2.94. The monoisotopic (exact) mass is 382 g/mol. The van der Waals surface area contributed by atoms with Crippen molar-refractivity contribution in [3.8, 4) is 0 Å². The first-order valence-electron chi connectivity index (χ1n) is 7.22. The van der Waals surface area contributed by atoms with Crippen LogP contribution in [-0.4, -0.2) is 11.0 Å². The fourth-order valence-electron chi connectivity index (χ4n) is 2.01. The van der Waals surface area contributed by atoms with Gasteiger partial charge >= 0.3 is 5.97 Å². The van der Waals surface area contributed by atoms with Crippen LogP contribution in [0.5, 0.6) is 0 Å². The van der Waals surface area contributed by atoms with E-state index >= 15 is 0 Å². The number of halogens is 4. The Morgan fingerprint density at radius 3 is 2.54 bits per heavy atom. The number of carbonyl (C=O) groups is 1. The molecule has 1 heterocycles. The van der Waals surface area contributed by atoms with E-state index in [1.54, 1.807) is 5.38 Å². The van der Waals surface area contributed by atoms with Gasteiger partial charge in [-0.05, 0) is 18.2 Å². The van der Waals surface area contributed by atoms with Gasteiger partial charge in [0.25, 0.3) is 0 Å². The van der Waals surface area contributed by atoms with Crippen LogP contribution < -0.4 is 5.32 Å². The molecule has 4 nitrogen and oxygen atoms in total. The number of thiazole rings is 1. The first kappa shape index (κ1) is 17.9. The number of nitrogens with zero attached hydrogens (tertiary/aromatic N) is 1. The van der Waals surface area contributed by atoms with Gasteiger partial charge in [-0.25, -0.2) is 27.3 Å². The maximum absolute atomic E-state index is 13.6. The Morgan fingerprint density at radius 1 is 1.08 bits per heavy atom. The molecule has 0 spiro atoms. The van der Waals surface area contributed by atoms with E-state index in [1.807, 2.05) is 30.3 Å². The second-order valence-electron chi connectivity index (χ2n) is 5.06. The predicted octanol–water partition coefficient (Wildman–Crippen LogP) is 4.80. The lowest BCUT2D eigenvalue weighted by Gasteiger charge is -2.06. The molecule has 26 heavy (non-hydrogen) atoms. The summed E-state index contributed by atoms with van der Waals surface area (Å²) in [4.78, 5) is 16.0. The van der Waals surface area contributed by atoms with Crippen molar-refractivity contribution in [2.45, 2.75) is 6.61 Å². The van der Waals surface area contributed by atoms with Crippen LogP contribution in [-0.2, 0) is 11.3 Å². The molecule has 0 radical (unpaired) electrons. The Bertz CT molecular complexity index is 947. The van der Waals surface area contributed by atoms with Crippen LogP contribution in [0.2, 0.25) is 0 Å². The van der Waals surface area contributed by atoms with Crippen LogP contribution in [0.4, 0.5) is 28.4 Å². The smallest absolute Gasteiger partial charge is 0.341 e. The molecule has 0 aliphatic carbocycles. The minimum atomic E-state index is -2.07. The molecule has 0 saturated carbocycles. The van der Waals surface area contributed by atoms with Gasteiger partial charge in [0.15, 0.2) is 28.4 Å². The molecular formula is C17H10F4N2O2S. The highest BCUT2D eigenvalue weighted by molar-refractivity contribution is 7.13. The number of hydrogen-bond donors (Lipinski definition) is 1. The Morgan fingerprint density at radius 2 is 1.81 bits per heavy atom. The molecule has 0 aliphatic rings. The number of ether oxygens (including phenoxy) is 1. The molecule has 3 aromatic rings. The molecule has 9 heteroatoms. The van der Waals surface area contributed by atoms with Crippen molar-refractivity contribution in [3.63, 3.8) is 0 Å². The number of para-hydroxylation sites is 1. The number of benzene rings is 2. The molecule has 0 saturated heterocycles. The summed E-state index contributed by atoms with van der Waals surface area (Å²) in [6, 6.07) is 9.46. The zero-order valence-electron chi connectivity index (χ0n) is 12.9. The highest BCUT2D eigenvalue weighted by Crippen LogP contribution is 2.22. The van der Waals surface area contributed by atoms with Crippen LogP contribution >= 0.6 is 11.3 Å². The van der Waals surface area contributed by atoms with Gasteiger partial charge in [-0.3, -0.25) is 0 Å². The molecule has 2 aromatic carbocycles. The number of esters is 1. The average Bonchev–Trinajstić information content (AvgIpc) is 3.09. The normalized spacial score (nSPS) is 10.6. The molecule has 1 aromatic heterocycles. The van der Waals surface area contributed by atoms with Gasteiger partial charge in [0.2, 0.25) is 0 Å². The third-order valence-corrected chi connectivity index (χ3v) is 4.06. The molecule has 0 amide bonds. The summed E-state index contributed by atoms with van der Waals surface area (Å²) in [5.41, 5.74) is 0.134. The van der Waals surface area contributed by atoms with E-state index < -0.39 is 34.8 Å². The van der Waals surface area contributed by atoms with Crippen LogP contribution in [0.25, 0.3) is 0 Å². The summed E-state index contributed by atoms with van der Waals surface area (Å²) >= 11 is 1.24. The molecule has 134 valence electrons. The Labute approximate surface area is 149 Å². The zero-order chi connectivity index (χ0) is 18.7. The molecule has 0 unspecified atom stereocenters. The molecule has 3 rings (SSSR count). The fourth-order valence-corrected chi connectivity index (χ4v) is 2.73. The van der Waals surface area contributed by atoms with Gasteiger partial charge in [-0.2, -0.15) is 0 Å². The first-order valence-corrected chi connectivity index (χ1v) is 8.10. The number of nitrogens with one attached hydrogen (secondary N) is 1. The molecule has 0 bridgehead atoms. The second kappa shape index (κ2) is 7.52. The molecule has 0 aliphatic heterocycles. The summed E-state index contributed by atoms with van der Waals surface area (Å²) < 4.78 is 57.6. The highest BCUT2D eigenvalue weighted by atomic mass is 32.1. The van der Waals surface area contributed by atoms with Crippen molar-refractivity contribution < 1.29 is 27.1 Å². The highest BCUT2D eigenvalue weighted by Gasteiger charge is 2.24. The van der Waals surface area contributed by atoms with Crippen molar-refractivity contribution in [3.05, 3.63) is 76.3 Å². The SMILES string of the molecule is O=C(OCc1csc(Nc2ccccc2)n1)c1cc(F)c(F)c(F)c1F. The predicted molar refractivity (Wildman–Crippen MR) is 87.2 cm³/mol. The van der Waals surface area contributed by atoms with Crippen LogP contribution in [0.1, 0.15) is 16.1 Å². The third-order valence-electron chi connectivity index (χ3n) is 3.25. The van der Waals surface area contributed by atoms with E-state index in [-0.39, 0.29) is 12.7 Å². The maximum atomic E-state index is 13.6. The molecule has 0 atom stereocenters. The topological polar surface area (TPSA) is 51.2 Å². The lowest BCUT2D eigenvalue weighted by atomic mass is 10.2. The Kier molecular flexibility index (Phi) is 5.17. The fraction of sp³-hybridized carbons (Fsp3) is 0.0588. The van der Waals surface area contributed by atoms with Gasteiger partial charge < -0.3 is 10.1 Å². The van der Waals surface area contributed by atoms with E-state index in [9.17, 15) is 22.4 Å². The van der Waals surface area contributed by atoms with E-state index in [1.165, 1.54) is 11.3 Å². The number of hydrogen-bond acceptors (Lipinski definition) is 5. The van der Waals surface area contributed by atoms with E-state index in [4.69, 9.17) is 4.74 Å². The summed E-state index contributed by atoms with van der Waals surface area (Å²) in [7, 11) is 0. The van der Waals surface area contributed by atoms with Gasteiger partial charge in [-0.15, -0.1) is 11.3 Å². The van der Waals surface area contributed by atoms with Crippen LogP contribution in [0.15, 0.2) is 41.8 Å².